The lowest BCUT2D eigenvalue weighted by Crippen LogP contribution is -2.38. The van der Waals surface area contributed by atoms with Gasteiger partial charge in [0.25, 0.3) is 0 Å². The molecule has 0 bridgehead atoms. The molecule has 1 aromatic heterocycles. The van der Waals surface area contributed by atoms with Gasteiger partial charge in [-0.05, 0) is 99.5 Å². The number of aryl methyl sites for hydroxylation is 1. The van der Waals surface area contributed by atoms with E-state index in [1.807, 2.05) is 36.6 Å². The lowest BCUT2D eigenvalue weighted by molar-refractivity contribution is -0.127. The number of rotatable bonds is 16. The predicted molar refractivity (Wildman–Crippen MR) is 159 cm³/mol. The van der Waals surface area contributed by atoms with Crippen LogP contribution in [0.2, 0.25) is 0 Å². The first kappa shape index (κ1) is 30.7. The van der Waals surface area contributed by atoms with Gasteiger partial charge in [0.1, 0.15) is 23.1 Å². The number of aromatic nitrogens is 1. The lowest BCUT2D eigenvalue weighted by Gasteiger charge is -2.34. The summed E-state index contributed by atoms with van der Waals surface area (Å²) in [5, 5.41) is 21.4. The molecule has 7 nitrogen and oxygen atoms in total. The first-order valence-corrected chi connectivity index (χ1v) is 15.0. The van der Waals surface area contributed by atoms with Gasteiger partial charge in [0.15, 0.2) is 0 Å². The third-order valence-corrected chi connectivity index (χ3v) is 8.52. The molecule has 2 heterocycles. The average Bonchev–Trinajstić information content (AvgIpc) is 3.52. The number of ether oxygens (including phenoxy) is 1. The highest BCUT2D eigenvalue weighted by Crippen LogP contribution is 2.35. The molecular formula is C34H44N2O5. The number of unbranched alkanes of at least 4 members (excludes halogenated alkanes) is 1. The maximum atomic E-state index is 13.9. The molecule has 7 heteroatoms. The Hall–Kier alpha value is -3.29. The Balaban J connectivity index is 1.43. The number of phenols is 1. The summed E-state index contributed by atoms with van der Waals surface area (Å²) >= 11 is 0. The topological polar surface area (TPSA) is 100.0 Å². The summed E-state index contributed by atoms with van der Waals surface area (Å²) in [6.45, 7) is 2.59. The molecule has 2 aromatic rings. The minimum absolute atomic E-state index is 0.123. The first-order valence-electron chi connectivity index (χ1n) is 15.0. The molecular weight excluding hydrogens is 516 g/mol. The standard InChI is InChI=1S/C34H44N2O5/c1-41-29-17-13-26(14-18-29)32(38)8-2-3-9-33(39)30(19-10-25-7-6-20-35-23-25)31(24-36-21-4-5-22-36)34(40)27-11-15-28(37)16-12-27/h6-7,11-13,15-18,20,23,26,30-31,34,37,40H,2-5,8-10,14,19,21-22,24H2,1H3/t26?,30?,31-,34+/m0/s1. The van der Waals surface area contributed by atoms with Crippen molar-refractivity contribution in [2.75, 3.05) is 26.7 Å². The molecule has 1 aliphatic heterocycles. The van der Waals surface area contributed by atoms with Crippen LogP contribution in [0, 0.1) is 17.8 Å². The van der Waals surface area contributed by atoms with Gasteiger partial charge in [-0.15, -0.1) is 0 Å². The highest BCUT2D eigenvalue weighted by Gasteiger charge is 2.35. The third kappa shape index (κ3) is 9.10. The van der Waals surface area contributed by atoms with Crippen LogP contribution in [-0.4, -0.2) is 58.4 Å². The van der Waals surface area contributed by atoms with Crippen LogP contribution in [0.4, 0.5) is 0 Å². The summed E-state index contributed by atoms with van der Waals surface area (Å²) in [6, 6.07) is 10.6. The summed E-state index contributed by atoms with van der Waals surface area (Å²) in [5.41, 5.74) is 1.78. The number of pyridine rings is 1. The Kier molecular flexibility index (Phi) is 11.7. The fourth-order valence-corrected chi connectivity index (χ4v) is 6.07. The Morgan fingerprint density at radius 2 is 1.85 bits per heavy atom. The number of ketones is 2. The summed E-state index contributed by atoms with van der Waals surface area (Å²) in [6.07, 6.45) is 14.8. The van der Waals surface area contributed by atoms with Crippen molar-refractivity contribution in [2.45, 2.75) is 63.9 Å². The predicted octanol–water partition coefficient (Wildman–Crippen LogP) is 5.59. The Bertz CT molecular complexity index is 1170. The highest BCUT2D eigenvalue weighted by molar-refractivity contribution is 5.83. The maximum absolute atomic E-state index is 13.9. The summed E-state index contributed by atoms with van der Waals surface area (Å²) in [5.74, 6) is 0.537. The number of hydrogen-bond acceptors (Lipinski definition) is 7. The minimum atomic E-state index is -0.830. The van der Waals surface area contributed by atoms with Crippen molar-refractivity contribution in [3.8, 4) is 5.75 Å². The molecule has 2 unspecified atom stereocenters. The van der Waals surface area contributed by atoms with Gasteiger partial charge >= 0.3 is 0 Å². The van der Waals surface area contributed by atoms with Gasteiger partial charge < -0.3 is 19.8 Å². The van der Waals surface area contributed by atoms with Crippen LogP contribution in [0.15, 0.2) is 72.8 Å². The zero-order valence-corrected chi connectivity index (χ0v) is 24.2. The molecule has 1 fully saturated rings. The van der Waals surface area contributed by atoms with Crippen LogP contribution in [0.3, 0.4) is 0 Å². The van der Waals surface area contributed by atoms with E-state index in [1.165, 1.54) is 0 Å². The number of Topliss-reactive ketones (excluding diaryl/α,β-unsaturated/α-hetero) is 2. The molecule has 0 amide bonds. The van der Waals surface area contributed by atoms with E-state index >= 15 is 0 Å². The van der Waals surface area contributed by atoms with Gasteiger partial charge in [-0.1, -0.05) is 24.3 Å². The van der Waals surface area contributed by atoms with Gasteiger partial charge in [-0.3, -0.25) is 14.6 Å². The van der Waals surface area contributed by atoms with Crippen molar-refractivity contribution in [1.29, 1.82) is 0 Å². The molecule has 1 aliphatic carbocycles. The van der Waals surface area contributed by atoms with E-state index in [9.17, 15) is 19.8 Å². The van der Waals surface area contributed by atoms with Crippen molar-refractivity contribution < 1.29 is 24.5 Å². The van der Waals surface area contributed by atoms with Crippen LogP contribution in [0.25, 0.3) is 0 Å². The maximum Gasteiger partial charge on any atom is 0.140 e. The number of nitrogens with zero attached hydrogens (tertiary/aromatic N) is 2. The van der Waals surface area contributed by atoms with Crippen molar-refractivity contribution in [3.05, 3.63) is 83.9 Å². The van der Waals surface area contributed by atoms with E-state index < -0.39 is 6.10 Å². The number of hydrogen-bond donors (Lipinski definition) is 2. The number of methoxy groups -OCH3 is 1. The summed E-state index contributed by atoms with van der Waals surface area (Å²) in [4.78, 5) is 33.2. The smallest absolute Gasteiger partial charge is 0.140 e. The fourth-order valence-electron chi connectivity index (χ4n) is 6.07. The minimum Gasteiger partial charge on any atom is -0.508 e. The van der Waals surface area contributed by atoms with E-state index in [1.54, 1.807) is 37.6 Å². The number of likely N-dealkylation sites (tertiary alicyclic amines) is 1. The van der Waals surface area contributed by atoms with Gasteiger partial charge in [0.2, 0.25) is 0 Å². The van der Waals surface area contributed by atoms with E-state index in [2.05, 4.69) is 9.88 Å². The van der Waals surface area contributed by atoms with E-state index in [0.717, 1.165) is 37.3 Å². The van der Waals surface area contributed by atoms with Crippen LogP contribution < -0.4 is 0 Å². The van der Waals surface area contributed by atoms with E-state index in [0.29, 0.717) is 57.1 Å². The van der Waals surface area contributed by atoms with Crippen molar-refractivity contribution in [1.82, 2.24) is 9.88 Å². The third-order valence-electron chi connectivity index (χ3n) is 8.52. The van der Waals surface area contributed by atoms with Gasteiger partial charge in [0.05, 0.1) is 13.2 Å². The van der Waals surface area contributed by atoms with Gasteiger partial charge in [0, 0.05) is 49.5 Å². The lowest BCUT2D eigenvalue weighted by atomic mass is 9.77. The van der Waals surface area contributed by atoms with Crippen molar-refractivity contribution in [2.24, 2.45) is 17.8 Å². The molecule has 2 N–H and O–H groups in total. The second-order valence-electron chi connectivity index (χ2n) is 11.4. The number of allylic oxidation sites excluding steroid dienone is 3. The Labute approximate surface area is 243 Å². The molecule has 0 saturated carbocycles. The molecule has 0 radical (unpaired) electrons. The second-order valence-corrected chi connectivity index (χ2v) is 11.4. The Morgan fingerprint density at radius 3 is 2.51 bits per heavy atom. The van der Waals surface area contributed by atoms with Gasteiger partial charge in [-0.2, -0.15) is 0 Å². The van der Waals surface area contributed by atoms with Crippen LogP contribution in [0.1, 0.15) is 68.6 Å². The molecule has 4 rings (SSSR count). The molecule has 2 aliphatic rings. The molecule has 1 aromatic carbocycles. The zero-order valence-electron chi connectivity index (χ0n) is 24.2. The second kappa shape index (κ2) is 15.6. The number of carbonyl (C=O) groups is 2. The first-order chi connectivity index (χ1) is 19.9. The van der Waals surface area contributed by atoms with Crippen LogP contribution >= 0.6 is 0 Å². The molecule has 41 heavy (non-hydrogen) atoms. The largest absolute Gasteiger partial charge is 0.508 e. The van der Waals surface area contributed by atoms with Crippen molar-refractivity contribution in [3.63, 3.8) is 0 Å². The fraction of sp³-hybridized carbons (Fsp3) is 0.500. The molecule has 4 atom stereocenters. The number of benzene rings is 1. The number of aromatic hydroxyl groups is 1. The van der Waals surface area contributed by atoms with Crippen molar-refractivity contribution >= 4 is 11.6 Å². The number of phenolic OH excluding ortho intramolecular Hbond substituents is 1. The number of aliphatic hydroxyl groups excluding tert-OH is 1. The molecule has 0 spiro atoms. The SMILES string of the molecule is COC1=CCC(C(=O)CCCCC(=O)C(CCc2cccnc2)[C@H](CN2CCCC2)[C@H](O)c2ccc(O)cc2)C=C1. The molecule has 220 valence electrons. The summed E-state index contributed by atoms with van der Waals surface area (Å²) in [7, 11) is 1.62. The van der Waals surface area contributed by atoms with E-state index in [-0.39, 0.29) is 35.1 Å². The summed E-state index contributed by atoms with van der Waals surface area (Å²) < 4.78 is 5.22. The quantitative estimate of drug-likeness (QED) is 0.258. The number of carbonyl (C=O) groups excluding carboxylic acids is 2. The average molecular weight is 561 g/mol. The van der Waals surface area contributed by atoms with Crippen LogP contribution in [0.5, 0.6) is 5.75 Å². The highest BCUT2D eigenvalue weighted by atomic mass is 16.5. The van der Waals surface area contributed by atoms with E-state index in [4.69, 9.17) is 4.74 Å². The molecule has 1 saturated heterocycles. The van der Waals surface area contributed by atoms with Gasteiger partial charge in [-0.25, -0.2) is 0 Å². The number of aliphatic hydroxyl groups is 1. The normalized spacial score (nSPS) is 19.4. The Morgan fingerprint density at radius 1 is 1.10 bits per heavy atom. The zero-order chi connectivity index (χ0) is 29.0. The van der Waals surface area contributed by atoms with Crippen LogP contribution in [-0.2, 0) is 20.7 Å². The monoisotopic (exact) mass is 560 g/mol.